The first-order valence-corrected chi connectivity index (χ1v) is 8.74. The maximum absolute atomic E-state index is 11.0. The van der Waals surface area contributed by atoms with Gasteiger partial charge < -0.3 is 23.8 Å². The zero-order valence-electron chi connectivity index (χ0n) is 13.8. The van der Waals surface area contributed by atoms with E-state index >= 15 is 0 Å². The first-order chi connectivity index (χ1) is 9.23. The molecule has 0 aromatic rings. The first kappa shape index (κ1) is 23.5. The van der Waals surface area contributed by atoms with Crippen LogP contribution in [0.5, 0.6) is 0 Å². The van der Waals surface area contributed by atoms with Gasteiger partial charge >= 0.3 is 16.5 Å². The van der Waals surface area contributed by atoms with Crippen LogP contribution in [0.4, 0.5) is 0 Å². The molecule has 3 atom stereocenters. The zero-order chi connectivity index (χ0) is 16.0. The molecule has 0 aromatic carbocycles. The first-order valence-electron chi connectivity index (χ1n) is 7.47. The van der Waals surface area contributed by atoms with E-state index in [1.807, 2.05) is 13.8 Å². The van der Waals surface area contributed by atoms with Gasteiger partial charge in [0.1, 0.15) is 0 Å². The topological polar surface area (TPSA) is 61.1 Å². The van der Waals surface area contributed by atoms with Gasteiger partial charge in [0.15, 0.2) is 11.1 Å². The van der Waals surface area contributed by atoms with Crippen molar-refractivity contribution in [2.24, 2.45) is 16.7 Å². The van der Waals surface area contributed by atoms with Gasteiger partial charge in [0.25, 0.3) is 0 Å². The summed E-state index contributed by atoms with van der Waals surface area (Å²) in [5.41, 5.74) is 0.473. The Hall–Kier alpha value is 0.274. The van der Waals surface area contributed by atoms with Gasteiger partial charge in [-0.2, -0.15) is 12.8 Å². The minimum Gasteiger partial charge on any atom is -0.344 e. The van der Waals surface area contributed by atoms with Crippen molar-refractivity contribution in [3.8, 4) is 0 Å². The normalized spacial score (nSPS) is 29.5. The molecule has 0 saturated heterocycles. The van der Waals surface area contributed by atoms with E-state index in [9.17, 15) is 4.21 Å². The predicted octanol–water partition coefficient (Wildman–Crippen LogP) is 4.51. The Morgan fingerprint density at radius 2 is 1.76 bits per heavy atom. The minimum absolute atomic E-state index is 0. The van der Waals surface area contributed by atoms with E-state index in [1.165, 1.54) is 0 Å². The molecule has 0 heterocycles. The molecule has 3 nitrogen and oxygen atoms in total. The van der Waals surface area contributed by atoms with E-state index in [0.29, 0.717) is 11.6 Å². The van der Waals surface area contributed by atoms with Crippen molar-refractivity contribution in [3.05, 3.63) is 13.8 Å². The van der Waals surface area contributed by atoms with Gasteiger partial charge in [-0.25, -0.2) is 4.21 Å². The van der Waals surface area contributed by atoms with Gasteiger partial charge in [0, 0.05) is 11.1 Å². The largest absolute Gasteiger partial charge is 2.00 e. The van der Waals surface area contributed by atoms with Crippen molar-refractivity contribution in [2.45, 2.75) is 59.8 Å². The van der Waals surface area contributed by atoms with Crippen molar-refractivity contribution < 1.29 is 25.3 Å². The van der Waals surface area contributed by atoms with Crippen LogP contribution in [0.2, 0.25) is 0 Å². The number of hydrogen-bond acceptors (Lipinski definition) is 2. The van der Waals surface area contributed by atoms with Crippen LogP contribution in [0.15, 0.2) is 0 Å². The molecule has 2 aliphatic rings. The third-order valence-corrected chi connectivity index (χ3v) is 5.31. The quantitative estimate of drug-likeness (QED) is 0.432. The van der Waals surface area contributed by atoms with Crippen LogP contribution in [0.3, 0.4) is 0 Å². The smallest absolute Gasteiger partial charge is 0.344 e. The van der Waals surface area contributed by atoms with Crippen LogP contribution in [0, 0.1) is 36.0 Å². The third kappa shape index (κ3) is 5.15. The average molecular weight is 360 g/mol. The molecule has 2 unspecified atom stereocenters. The van der Waals surface area contributed by atoms with Crippen LogP contribution in [0.25, 0.3) is 0 Å². The van der Waals surface area contributed by atoms with E-state index in [4.69, 9.17) is 9.96 Å². The van der Waals surface area contributed by atoms with Gasteiger partial charge in [-0.15, -0.1) is 0 Å². The van der Waals surface area contributed by atoms with Crippen molar-refractivity contribution in [1.82, 2.24) is 0 Å². The fourth-order valence-corrected chi connectivity index (χ4v) is 4.50. The molecule has 2 fully saturated rings. The van der Waals surface area contributed by atoms with E-state index in [1.54, 1.807) is 0 Å². The number of nitrogens with one attached hydrogen (secondary N) is 1. The summed E-state index contributed by atoms with van der Waals surface area (Å²) in [5.74, 6) is 0.813. The summed E-state index contributed by atoms with van der Waals surface area (Å²) in [4.78, 5) is 0. The van der Waals surface area contributed by atoms with Crippen molar-refractivity contribution in [2.75, 3.05) is 5.75 Å². The van der Waals surface area contributed by atoms with Gasteiger partial charge in [-0.1, -0.05) is 27.7 Å². The van der Waals surface area contributed by atoms with Crippen LogP contribution >= 0.6 is 0 Å². The average Bonchev–Trinajstić information content (AvgIpc) is 2.64. The monoisotopic (exact) mass is 359 g/mol. The summed E-state index contributed by atoms with van der Waals surface area (Å²) in [7, 11) is 0. The van der Waals surface area contributed by atoms with Gasteiger partial charge in [0.05, 0.1) is 5.75 Å². The predicted molar refractivity (Wildman–Crippen MR) is 88.2 cm³/mol. The van der Waals surface area contributed by atoms with Crippen LogP contribution in [0.1, 0.15) is 59.8 Å². The second-order valence-electron chi connectivity index (χ2n) is 6.19. The molecular formula is C16H31NNiO2S. The molecule has 0 aromatic heterocycles. The summed E-state index contributed by atoms with van der Waals surface area (Å²) >= 11 is -1.78. The van der Waals surface area contributed by atoms with Crippen molar-refractivity contribution in [1.29, 1.82) is 5.41 Å². The SMILES string of the molecule is CC1(C)C2CC[C@]1(CS(=O)O)C(=N)C2.[CH2-]CC.[CH2-]CC.[Ni+2]. The minimum atomic E-state index is -1.78. The molecule has 0 aliphatic heterocycles. The Morgan fingerprint density at radius 3 is 2.00 bits per heavy atom. The second kappa shape index (κ2) is 10.1. The molecule has 128 valence electrons. The molecule has 2 aliphatic carbocycles. The summed E-state index contributed by atoms with van der Waals surface area (Å²) in [6.45, 7) is 15.3. The summed E-state index contributed by atoms with van der Waals surface area (Å²) < 4.78 is 20.0. The van der Waals surface area contributed by atoms with Crippen LogP contribution in [-0.2, 0) is 27.6 Å². The molecule has 5 heteroatoms. The number of fused-ring (bicyclic) bond motifs is 2. The Labute approximate surface area is 143 Å². The molecule has 2 rings (SSSR count). The Bertz CT molecular complexity index is 345. The maximum Gasteiger partial charge on any atom is 2.00 e. The molecule has 0 radical (unpaired) electrons. The fraction of sp³-hybridized carbons (Fsp3) is 0.812. The standard InChI is InChI=1S/C10H17NO2S.2C3H7.Ni/c1-9(2)7-3-4-10(9,6-14(12)13)8(11)5-7;2*1-3-2;/h7,11H,3-6H2,1-2H3,(H,12,13);2*1,3H2,2H3;/q;2*-1;+2/t7?,10-;;;/m0.../s1. The molecule has 2 bridgehead atoms. The number of hydrogen-bond donors (Lipinski definition) is 2. The van der Waals surface area contributed by atoms with Crippen LogP contribution < -0.4 is 0 Å². The summed E-state index contributed by atoms with van der Waals surface area (Å²) in [6, 6.07) is 0. The molecule has 0 spiro atoms. The van der Waals surface area contributed by atoms with E-state index in [0.717, 1.165) is 32.1 Å². The van der Waals surface area contributed by atoms with Crippen molar-refractivity contribution in [3.63, 3.8) is 0 Å². The van der Waals surface area contributed by atoms with E-state index in [2.05, 4.69) is 27.7 Å². The summed E-state index contributed by atoms with van der Waals surface area (Å²) in [5, 5.41) is 7.99. The van der Waals surface area contributed by atoms with E-state index < -0.39 is 11.1 Å². The van der Waals surface area contributed by atoms with Gasteiger partial charge in [-0.05, 0) is 30.6 Å². The van der Waals surface area contributed by atoms with Crippen LogP contribution in [-0.4, -0.2) is 20.2 Å². The zero-order valence-corrected chi connectivity index (χ0v) is 15.6. The fourth-order valence-electron chi connectivity index (χ4n) is 3.39. The van der Waals surface area contributed by atoms with Gasteiger partial charge in [0.2, 0.25) is 0 Å². The molecule has 21 heavy (non-hydrogen) atoms. The molecular weight excluding hydrogens is 329 g/mol. The second-order valence-corrected chi connectivity index (χ2v) is 7.12. The molecule has 2 saturated carbocycles. The Kier molecular flexibility index (Phi) is 11.3. The Balaban J connectivity index is 0. The molecule has 2 N–H and O–H groups in total. The number of rotatable bonds is 2. The van der Waals surface area contributed by atoms with E-state index in [-0.39, 0.29) is 33.1 Å². The Morgan fingerprint density at radius 1 is 1.33 bits per heavy atom. The van der Waals surface area contributed by atoms with Gasteiger partial charge in [-0.3, -0.25) is 0 Å². The molecule has 0 amide bonds. The van der Waals surface area contributed by atoms with Crippen molar-refractivity contribution >= 4 is 16.8 Å². The summed E-state index contributed by atoms with van der Waals surface area (Å²) in [6.07, 6.45) is 4.88. The third-order valence-electron chi connectivity index (χ3n) is 4.57. The maximum atomic E-state index is 11.0.